The quantitative estimate of drug-likeness (QED) is 0.273. The van der Waals surface area contributed by atoms with Crippen LogP contribution in [0, 0.1) is 0 Å². The summed E-state index contributed by atoms with van der Waals surface area (Å²) >= 11 is 0. The maximum absolute atomic E-state index is 12.8. The van der Waals surface area contributed by atoms with Crippen LogP contribution >= 0.6 is 0 Å². The van der Waals surface area contributed by atoms with Crippen molar-refractivity contribution in [1.82, 2.24) is 4.98 Å². The molecule has 7 heteroatoms. The smallest absolute Gasteiger partial charge is 0.332 e. The maximum Gasteiger partial charge on any atom is 0.332 e. The summed E-state index contributed by atoms with van der Waals surface area (Å²) in [4.78, 5) is 34.5. The Hall–Kier alpha value is -4.09. The van der Waals surface area contributed by atoms with E-state index in [1.54, 1.807) is 36.5 Å². The molecule has 0 bridgehead atoms. The summed E-state index contributed by atoms with van der Waals surface area (Å²) in [7, 11) is 0. The van der Waals surface area contributed by atoms with Crippen LogP contribution in [0.4, 0.5) is 5.69 Å². The van der Waals surface area contributed by atoms with Crippen molar-refractivity contribution in [3.8, 4) is 0 Å². The molecule has 1 aromatic heterocycles. The zero-order valence-corrected chi connectivity index (χ0v) is 20.1. The number of pyridine rings is 1. The zero-order valence-electron chi connectivity index (χ0n) is 19.2. The van der Waals surface area contributed by atoms with Gasteiger partial charge in [0.05, 0.1) is 11.4 Å². The molecule has 0 atom stereocenters. The monoisotopic (exact) mass is 518 g/mol. The molecule has 5 rings (SSSR count). The number of hydrogen-bond donors (Lipinski definition) is 1. The van der Waals surface area contributed by atoms with Crippen molar-refractivity contribution in [2.24, 2.45) is 4.99 Å². The summed E-state index contributed by atoms with van der Waals surface area (Å²) in [5.74, 6) is -1.47. The van der Waals surface area contributed by atoms with Gasteiger partial charge in [0.25, 0.3) is 0 Å². The van der Waals surface area contributed by atoms with Gasteiger partial charge < -0.3 is 15.2 Å². The largest absolute Gasteiger partial charge is 0.621 e. The number of benzene rings is 3. The molecule has 1 N–H and O–H groups in total. The first-order chi connectivity index (χ1) is 17.1. The Morgan fingerprint density at radius 2 is 1.42 bits per heavy atom. The standard InChI is InChI=1S/C29H23N3O3.Ni/c33-27(25-16-8-9-17-30-25)31-24-15-7-6-14-23(24)26(20-10-2-1-3-11-20)32-29(28(34)35)18-21-12-4-5-13-22(21)19-29;/h1-17H,18-19H2,(H2,31,32,33,34,35);/p-1. The minimum atomic E-state index is -1.35. The van der Waals surface area contributed by atoms with Gasteiger partial charge in [-0.3, -0.25) is 9.98 Å². The van der Waals surface area contributed by atoms with E-state index in [1.807, 2.05) is 66.7 Å². The number of aliphatic imine (C=N–C) groups is 1. The fourth-order valence-electron chi connectivity index (χ4n) is 4.39. The Labute approximate surface area is 219 Å². The van der Waals surface area contributed by atoms with E-state index < -0.39 is 17.4 Å². The second kappa shape index (κ2) is 10.7. The SMILES string of the molecule is O=C([N-]c1ccccc1C(=NC1(C(=O)O)Cc2ccccc2C1)c1ccccc1)c1ccccn1.[Ni]. The summed E-state index contributed by atoms with van der Waals surface area (Å²) in [5.41, 5.74) is 3.05. The molecular formula is C29H22N3NiO3-. The Morgan fingerprint density at radius 1 is 0.806 bits per heavy atom. The van der Waals surface area contributed by atoms with E-state index in [4.69, 9.17) is 4.99 Å². The van der Waals surface area contributed by atoms with Crippen LogP contribution < -0.4 is 0 Å². The second-order valence-electron chi connectivity index (χ2n) is 8.43. The van der Waals surface area contributed by atoms with Crippen LogP contribution in [-0.4, -0.2) is 33.2 Å². The van der Waals surface area contributed by atoms with E-state index >= 15 is 0 Å². The van der Waals surface area contributed by atoms with Crippen molar-refractivity contribution in [3.63, 3.8) is 0 Å². The van der Waals surface area contributed by atoms with Gasteiger partial charge in [-0.2, -0.15) is 0 Å². The topological polar surface area (TPSA) is 93.7 Å². The van der Waals surface area contributed by atoms with Crippen LogP contribution in [0.2, 0.25) is 0 Å². The van der Waals surface area contributed by atoms with E-state index in [-0.39, 0.29) is 22.2 Å². The van der Waals surface area contributed by atoms with Crippen LogP contribution in [0.25, 0.3) is 5.32 Å². The first-order valence-electron chi connectivity index (χ1n) is 11.3. The van der Waals surface area contributed by atoms with Crippen molar-refractivity contribution in [2.45, 2.75) is 18.4 Å². The molecule has 4 aromatic rings. The molecule has 0 fully saturated rings. The normalized spacial score (nSPS) is 13.8. The minimum absolute atomic E-state index is 0. The van der Waals surface area contributed by atoms with Crippen molar-refractivity contribution in [2.75, 3.05) is 0 Å². The first kappa shape index (κ1) is 25.0. The second-order valence-corrected chi connectivity index (χ2v) is 8.43. The Morgan fingerprint density at radius 3 is 2.06 bits per heavy atom. The molecule has 1 aliphatic rings. The van der Waals surface area contributed by atoms with Crippen LogP contribution in [0.3, 0.4) is 0 Å². The fraction of sp³-hybridized carbons (Fsp3) is 0.103. The number of hydrogen-bond acceptors (Lipinski definition) is 4. The van der Waals surface area contributed by atoms with E-state index in [0.29, 0.717) is 29.8 Å². The maximum atomic E-state index is 12.8. The molecule has 182 valence electrons. The summed E-state index contributed by atoms with van der Waals surface area (Å²) in [6.07, 6.45) is 2.13. The molecule has 0 saturated heterocycles. The van der Waals surface area contributed by atoms with Gasteiger partial charge >= 0.3 is 5.97 Å². The van der Waals surface area contributed by atoms with Gasteiger partial charge in [0.1, 0.15) is 5.91 Å². The Bertz CT molecular complexity index is 1400. The van der Waals surface area contributed by atoms with Crippen LogP contribution in [0.5, 0.6) is 0 Å². The van der Waals surface area contributed by atoms with E-state index in [9.17, 15) is 14.7 Å². The van der Waals surface area contributed by atoms with Gasteiger partial charge in [0.15, 0.2) is 5.54 Å². The number of aromatic nitrogens is 1. The van der Waals surface area contributed by atoms with E-state index in [0.717, 1.165) is 16.7 Å². The first-order valence-corrected chi connectivity index (χ1v) is 11.3. The van der Waals surface area contributed by atoms with Crippen molar-refractivity contribution in [1.29, 1.82) is 0 Å². The third-order valence-corrected chi connectivity index (χ3v) is 6.12. The number of rotatable bonds is 6. The number of fused-ring (bicyclic) bond motifs is 1. The summed E-state index contributed by atoms with van der Waals surface area (Å²) in [6.45, 7) is 0. The van der Waals surface area contributed by atoms with Crippen molar-refractivity contribution in [3.05, 3.63) is 137 Å². The Kier molecular flexibility index (Phi) is 7.42. The molecule has 1 aliphatic carbocycles. The number of para-hydroxylation sites is 1. The molecule has 6 nitrogen and oxygen atoms in total. The third kappa shape index (κ3) is 4.97. The average Bonchev–Trinajstić information content (AvgIpc) is 3.29. The summed E-state index contributed by atoms with van der Waals surface area (Å²) in [6, 6.07) is 29.4. The third-order valence-electron chi connectivity index (χ3n) is 6.12. The molecule has 0 unspecified atom stereocenters. The van der Waals surface area contributed by atoms with Crippen molar-refractivity contribution >= 4 is 23.3 Å². The molecule has 1 heterocycles. The predicted molar refractivity (Wildman–Crippen MR) is 134 cm³/mol. The van der Waals surface area contributed by atoms with Gasteiger partial charge in [-0.25, -0.2) is 4.79 Å². The molecule has 1 amide bonds. The zero-order chi connectivity index (χ0) is 24.3. The molecule has 36 heavy (non-hydrogen) atoms. The Balaban J connectivity index is 0.00000304. The molecule has 0 aliphatic heterocycles. The van der Waals surface area contributed by atoms with Gasteiger partial charge in [0.2, 0.25) is 0 Å². The van der Waals surface area contributed by atoms with Gasteiger partial charge in [-0.15, -0.1) is 5.69 Å². The average molecular weight is 519 g/mol. The van der Waals surface area contributed by atoms with Gasteiger partial charge in [-0.05, 0) is 28.8 Å². The number of carboxylic acids is 1. The number of carbonyl (C=O) groups excluding carboxylic acids is 1. The summed E-state index contributed by atoms with van der Waals surface area (Å²) < 4.78 is 0. The van der Waals surface area contributed by atoms with E-state index in [1.165, 1.54) is 0 Å². The van der Waals surface area contributed by atoms with Gasteiger partial charge in [-0.1, -0.05) is 84.9 Å². The van der Waals surface area contributed by atoms with Crippen LogP contribution in [0.15, 0.2) is 108 Å². The molecule has 0 spiro atoms. The number of amides is 1. The fourth-order valence-corrected chi connectivity index (χ4v) is 4.39. The summed E-state index contributed by atoms with van der Waals surface area (Å²) in [5, 5.41) is 14.7. The van der Waals surface area contributed by atoms with Gasteiger partial charge in [0, 0.05) is 41.1 Å². The van der Waals surface area contributed by atoms with Crippen molar-refractivity contribution < 1.29 is 31.2 Å². The number of carbonyl (C=O) groups is 2. The molecule has 0 saturated carbocycles. The number of carboxylic acid groups (broad SMARTS) is 1. The van der Waals surface area contributed by atoms with E-state index in [2.05, 4.69) is 10.3 Å². The van der Waals surface area contributed by atoms with Crippen LogP contribution in [-0.2, 0) is 34.1 Å². The number of aliphatic carboxylic acids is 1. The molecular weight excluding hydrogens is 497 g/mol. The molecule has 0 radical (unpaired) electrons. The minimum Gasteiger partial charge on any atom is -0.621 e. The van der Waals surface area contributed by atoms with Crippen LogP contribution in [0.1, 0.15) is 32.7 Å². The predicted octanol–water partition coefficient (Wildman–Crippen LogP) is 5.38. The molecule has 3 aromatic carbocycles. The number of nitrogens with zero attached hydrogens (tertiary/aromatic N) is 3.